The lowest BCUT2D eigenvalue weighted by atomic mass is 10.0. The smallest absolute Gasteiger partial charge is 0.153 e. The molecule has 1 aliphatic carbocycles. The van der Waals surface area contributed by atoms with E-state index in [-0.39, 0.29) is 6.10 Å². The van der Waals surface area contributed by atoms with Crippen LogP contribution in [0.1, 0.15) is 12.0 Å². The summed E-state index contributed by atoms with van der Waals surface area (Å²) in [5.74, 6) is 0.832. The molecule has 2 heterocycles. The zero-order valence-corrected chi connectivity index (χ0v) is 18.3. The molecule has 1 saturated heterocycles. The molecule has 0 amide bonds. The van der Waals surface area contributed by atoms with Gasteiger partial charge in [-0.3, -0.25) is 4.99 Å². The number of hydrogen-bond donors (Lipinski definition) is 1. The highest BCUT2D eigenvalue weighted by atomic mass is 35.5. The van der Waals surface area contributed by atoms with E-state index in [1.54, 1.807) is 7.11 Å². The predicted octanol–water partition coefficient (Wildman–Crippen LogP) is 3.54. The quantitative estimate of drug-likeness (QED) is 0.742. The van der Waals surface area contributed by atoms with E-state index in [0.717, 1.165) is 54.9 Å². The minimum atomic E-state index is 0.158. The Bertz CT molecular complexity index is 1010. The van der Waals surface area contributed by atoms with Crippen molar-refractivity contribution in [3.05, 3.63) is 52.6 Å². The molecule has 0 radical (unpaired) electrons. The van der Waals surface area contributed by atoms with Crippen LogP contribution in [0.2, 0.25) is 5.02 Å². The van der Waals surface area contributed by atoms with Gasteiger partial charge in [-0.15, -0.1) is 0 Å². The first kappa shape index (κ1) is 20.8. The third kappa shape index (κ3) is 4.51. The Labute approximate surface area is 182 Å². The number of methoxy groups -OCH3 is 1. The fraction of sp³-hybridized carbons (Fsp3) is 0.391. The highest BCUT2D eigenvalue weighted by Gasteiger charge is 2.21. The van der Waals surface area contributed by atoms with E-state index in [0.29, 0.717) is 17.3 Å². The normalized spacial score (nSPS) is 20.3. The van der Waals surface area contributed by atoms with E-state index >= 15 is 0 Å². The van der Waals surface area contributed by atoms with Crippen LogP contribution in [0.25, 0.3) is 10.9 Å². The number of nitrogen functional groups attached to an aromatic ring is 1. The molecular formula is C23H28ClN5O. The van der Waals surface area contributed by atoms with Crippen LogP contribution in [-0.2, 0) is 4.74 Å². The minimum absolute atomic E-state index is 0.158. The lowest BCUT2D eigenvalue weighted by Gasteiger charge is -2.34. The number of piperazine rings is 1. The number of benzene rings is 1. The van der Waals surface area contributed by atoms with Crippen molar-refractivity contribution in [1.82, 2.24) is 9.88 Å². The first-order valence-electron chi connectivity index (χ1n) is 10.3. The number of anilines is 2. The second-order valence-corrected chi connectivity index (χ2v) is 8.27. The fourth-order valence-electron chi connectivity index (χ4n) is 3.84. The van der Waals surface area contributed by atoms with E-state index in [2.05, 4.69) is 35.1 Å². The molecule has 0 spiro atoms. The van der Waals surface area contributed by atoms with Crippen LogP contribution in [-0.4, -0.2) is 69.1 Å². The molecule has 1 atom stereocenters. The SMILES string of the molecule is COC1C=CC(CN=Cc2c(N)c(N3CCN(C)CC3)nc3ccc(Cl)cc23)=CC1. The van der Waals surface area contributed by atoms with Crippen LogP contribution in [0.4, 0.5) is 11.5 Å². The molecule has 0 bridgehead atoms. The maximum absolute atomic E-state index is 6.62. The molecule has 4 rings (SSSR count). The van der Waals surface area contributed by atoms with Gasteiger partial charge in [0.05, 0.1) is 23.9 Å². The minimum Gasteiger partial charge on any atom is -0.395 e. The maximum Gasteiger partial charge on any atom is 0.153 e. The summed E-state index contributed by atoms with van der Waals surface area (Å²) in [4.78, 5) is 14.1. The van der Waals surface area contributed by atoms with Gasteiger partial charge in [0.2, 0.25) is 0 Å². The zero-order chi connectivity index (χ0) is 21.1. The van der Waals surface area contributed by atoms with Crippen LogP contribution < -0.4 is 10.6 Å². The Balaban J connectivity index is 1.65. The van der Waals surface area contributed by atoms with Gasteiger partial charge in [0.15, 0.2) is 5.82 Å². The molecule has 1 fully saturated rings. The van der Waals surface area contributed by atoms with Crippen LogP contribution in [0.5, 0.6) is 0 Å². The number of likely N-dealkylation sites (N-methyl/N-ethyl adjacent to an activating group) is 1. The van der Waals surface area contributed by atoms with Crippen molar-refractivity contribution in [2.75, 3.05) is 57.5 Å². The molecule has 1 unspecified atom stereocenters. The van der Waals surface area contributed by atoms with Gasteiger partial charge in [0.1, 0.15) is 0 Å². The Morgan fingerprint density at radius 2 is 2.10 bits per heavy atom. The van der Waals surface area contributed by atoms with E-state index in [9.17, 15) is 0 Å². The van der Waals surface area contributed by atoms with Gasteiger partial charge < -0.3 is 20.3 Å². The summed E-state index contributed by atoms with van der Waals surface area (Å²) in [6.45, 7) is 4.39. The standard InChI is InChI=1S/C23H28ClN5O/c1-28-9-11-29(12-10-28)23-22(25)20(19-13-17(24)5-8-21(19)27-23)15-26-14-16-3-6-18(30-2)7-4-16/h3-6,8,13,15,18H,7,9-12,14,25H2,1-2H3. The monoisotopic (exact) mass is 425 g/mol. The van der Waals surface area contributed by atoms with Crippen LogP contribution in [0.3, 0.4) is 0 Å². The Morgan fingerprint density at radius 1 is 1.30 bits per heavy atom. The number of aromatic nitrogens is 1. The fourth-order valence-corrected chi connectivity index (χ4v) is 4.01. The second kappa shape index (κ2) is 9.16. The molecule has 1 aromatic carbocycles. The van der Waals surface area contributed by atoms with Crippen LogP contribution in [0.15, 0.2) is 47.0 Å². The van der Waals surface area contributed by atoms with Crippen molar-refractivity contribution in [1.29, 1.82) is 0 Å². The third-order valence-electron chi connectivity index (χ3n) is 5.74. The molecule has 6 nitrogen and oxygen atoms in total. The average molecular weight is 426 g/mol. The largest absolute Gasteiger partial charge is 0.395 e. The molecule has 1 aromatic heterocycles. The zero-order valence-electron chi connectivity index (χ0n) is 17.5. The Hall–Kier alpha value is -2.41. The first-order chi connectivity index (χ1) is 14.5. The van der Waals surface area contributed by atoms with E-state index in [1.807, 2.05) is 24.4 Å². The summed E-state index contributed by atoms with van der Waals surface area (Å²) < 4.78 is 5.35. The predicted molar refractivity (Wildman–Crippen MR) is 126 cm³/mol. The molecule has 158 valence electrons. The molecule has 0 saturated carbocycles. The summed E-state index contributed by atoms with van der Waals surface area (Å²) in [6.07, 6.45) is 9.23. The lowest BCUT2D eigenvalue weighted by Crippen LogP contribution is -2.45. The first-order valence-corrected chi connectivity index (χ1v) is 10.6. The molecule has 2 aromatic rings. The van der Waals surface area contributed by atoms with E-state index < -0.39 is 0 Å². The number of fused-ring (bicyclic) bond motifs is 1. The number of aliphatic imine (C=N–C) groups is 1. The van der Waals surface area contributed by atoms with Gasteiger partial charge in [-0.2, -0.15) is 0 Å². The number of hydrogen-bond acceptors (Lipinski definition) is 6. The molecule has 7 heteroatoms. The van der Waals surface area contributed by atoms with Crippen molar-refractivity contribution in [3.8, 4) is 0 Å². The van der Waals surface area contributed by atoms with Crippen molar-refractivity contribution < 1.29 is 4.74 Å². The van der Waals surface area contributed by atoms with Crippen LogP contribution in [0, 0.1) is 0 Å². The lowest BCUT2D eigenvalue weighted by molar-refractivity contribution is 0.142. The van der Waals surface area contributed by atoms with Crippen molar-refractivity contribution in [2.24, 2.45) is 4.99 Å². The highest BCUT2D eigenvalue weighted by molar-refractivity contribution is 6.31. The number of rotatable bonds is 5. The second-order valence-electron chi connectivity index (χ2n) is 7.83. The van der Waals surface area contributed by atoms with Gasteiger partial charge in [0.25, 0.3) is 0 Å². The number of nitrogens with two attached hydrogens (primary N) is 1. The van der Waals surface area contributed by atoms with Crippen molar-refractivity contribution in [3.63, 3.8) is 0 Å². The van der Waals surface area contributed by atoms with Crippen molar-refractivity contribution >= 4 is 40.2 Å². The number of halogens is 1. The van der Waals surface area contributed by atoms with Gasteiger partial charge in [-0.1, -0.05) is 29.8 Å². The highest BCUT2D eigenvalue weighted by Crippen LogP contribution is 2.32. The third-order valence-corrected chi connectivity index (χ3v) is 5.98. The van der Waals surface area contributed by atoms with Gasteiger partial charge >= 0.3 is 0 Å². The van der Waals surface area contributed by atoms with Crippen LogP contribution >= 0.6 is 11.6 Å². The maximum atomic E-state index is 6.62. The molecule has 2 N–H and O–H groups in total. The summed E-state index contributed by atoms with van der Waals surface area (Å²) in [7, 11) is 3.87. The Morgan fingerprint density at radius 3 is 2.80 bits per heavy atom. The van der Waals surface area contributed by atoms with E-state index in [4.69, 9.17) is 32.0 Å². The molecule has 2 aliphatic rings. The molecule has 30 heavy (non-hydrogen) atoms. The number of ether oxygens (including phenoxy) is 1. The average Bonchev–Trinajstić information content (AvgIpc) is 2.76. The summed E-state index contributed by atoms with van der Waals surface area (Å²) >= 11 is 6.27. The molecular weight excluding hydrogens is 398 g/mol. The number of pyridine rings is 1. The Kier molecular flexibility index (Phi) is 6.37. The van der Waals surface area contributed by atoms with Gasteiger partial charge in [-0.05, 0) is 37.2 Å². The number of nitrogens with zero attached hydrogens (tertiary/aromatic N) is 4. The van der Waals surface area contributed by atoms with E-state index in [1.165, 1.54) is 5.57 Å². The summed E-state index contributed by atoms with van der Waals surface area (Å²) in [6, 6.07) is 5.73. The van der Waals surface area contributed by atoms with Gasteiger partial charge in [0, 0.05) is 55.5 Å². The summed E-state index contributed by atoms with van der Waals surface area (Å²) in [5.41, 5.74) is 10.2. The topological polar surface area (TPSA) is 67.0 Å². The van der Waals surface area contributed by atoms with Gasteiger partial charge in [-0.25, -0.2) is 4.98 Å². The van der Waals surface area contributed by atoms with Crippen molar-refractivity contribution in [2.45, 2.75) is 12.5 Å². The molecule has 1 aliphatic heterocycles. The summed E-state index contributed by atoms with van der Waals surface area (Å²) in [5, 5.41) is 1.59.